The van der Waals surface area contributed by atoms with E-state index in [1.54, 1.807) is 0 Å². The van der Waals surface area contributed by atoms with Gasteiger partial charge in [-0.1, -0.05) is 74.5 Å². The molecule has 3 unspecified atom stereocenters. The smallest absolute Gasteiger partial charge is 0.214 e. The molecule has 5 rings (SSSR count). The zero-order chi connectivity index (χ0) is 20.7. The number of ether oxygens (including phenoxy) is 2. The maximum Gasteiger partial charge on any atom is 0.214 e. The van der Waals surface area contributed by atoms with E-state index in [1.165, 1.54) is 5.56 Å². The minimum Gasteiger partial charge on any atom is -0.478 e. The van der Waals surface area contributed by atoms with Crippen molar-refractivity contribution < 1.29 is 9.47 Å². The first-order valence-corrected chi connectivity index (χ1v) is 10.6. The fourth-order valence-corrected chi connectivity index (χ4v) is 4.85. The van der Waals surface area contributed by atoms with Crippen molar-refractivity contribution in [2.24, 2.45) is 33.5 Å². The maximum atomic E-state index is 6.59. The predicted octanol–water partition coefficient (Wildman–Crippen LogP) is 4.44. The average Bonchev–Trinajstić information content (AvgIpc) is 3.49. The van der Waals surface area contributed by atoms with Gasteiger partial charge in [-0.15, -0.1) is 0 Å². The summed E-state index contributed by atoms with van der Waals surface area (Å²) in [6.07, 6.45) is 0. The molecule has 5 heteroatoms. The lowest BCUT2D eigenvalue weighted by Gasteiger charge is -2.21. The Morgan fingerprint density at radius 2 is 1.33 bits per heavy atom. The van der Waals surface area contributed by atoms with Crippen LogP contribution in [0.5, 0.6) is 0 Å². The van der Waals surface area contributed by atoms with Crippen molar-refractivity contribution in [2.75, 3.05) is 13.2 Å². The second kappa shape index (κ2) is 7.63. The number of aliphatic imine (C=N–C) groups is 2. The van der Waals surface area contributed by atoms with Crippen LogP contribution >= 0.6 is 0 Å². The van der Waals surface area contributed by atoms with Crippen LogP contribution in [0.1, 0.15) is 37.1 Å². The zero-order valence-electron chi connectivity index (χ0n) is 17.4. The largest absolute Gasteiger partial charge is 0.478 e. The molecule has 2 heterocycles. The first-order chi connectivity index (χ1) is 14.6. The van der Waals surface area contributed by atoms with Crippen LogP contribution in [0.25, 0.3) is 0 Å². The van der Waals surface area contributed by atoms with Gasteiger partial charge < -0.3 is 15.2 Å². The fourth-order valence-electron chi connectivity index (χ4n) is 4.85. The van der Waals surface area contributed by atoms with Crippen molar-refractivity contribution in [1.82, 2.24) is 0 Å². The Hall–Kier alpha value is -3.08. The third kappa shape index (κ3) is 3.18. The van der Waals surface area contributed by atoms with E-state index in [9.17, 15) is 0 Å². The molecule has 3 aliphatic rings. The van der Waals surface area contributed by atoms with Gasteiger partial charge in [-0.3, -0.25) is 0 Å². The molecule has 0 aromatic heterocycles. The van der Waals surface area contributed by atoms with E-state index in [-0.39, 0.29) is 29.8 Å². The summed E-state index contributed by atoms with van der Waals surface area (Å²) in [6, 6.07) is 20.6. The van der Waals surface area contributed by atoms with Crippen LogP contribution in [0.2, 0.25) is 0 Å². The number of hydrogen-bond acceptors (Lipinski definition) is 5. The van der Waals surface area contributed by atoms with E-state index >= 15 is 0 Å². The van der Waals surface area contributed by atoms with E-state index in [2.05, 4.69) is 38.1 Å². The van der Waals surface area contributed by atoms with Crippen LogP contribution in [0.3, 0.4) is 0 Å². The van der Waals surface area contributed by atoms with Crippen molar-refractivity contribution in [3.8, 4) is 0 Å². The number of benzene rings is 2. The lowest BCUT2D eigenvalue weighted by atomic mass is 9.87. The topological polar surface area (TPSA) is 69.2 Å². The van der Waals surface area contributed by atoms with E-state index in [0.29, 0.717) is 19.1 Å². The van der Waals surface area contributed by atoms with Crippen LogP contribution in [-0.4, -0.2) is 25.0 Å². The monoisotopic (exact) mass is 401 g/mol. The Morgan fingerprint density at radius 1 is 0.767 bits per heavy atom. The van der Waals surface area contributed by atoms with E-state index < -0.39 is 0 Å². The Bertz CT molecular complexity index is 1010. The molecule has 2 aromatic rings. The first-order valence-electron chi connectivity index (χ1n) is 10.6. The van der Waals surface area contributed by atoms with Gasteiger partial charge in [0.05, 0.1) is 0 Å². The van der Waals surface area contributed by atoms with Gasteiger partial charge in [0.2, 0.25) is 5.90 Å². The third-order valence-electron chi connectivity index (χ3n) is 6.54. The van der Waals surface area contributed by atoms with Crippen LogP contribution in [0.4, 0.5) is 0 Å². The number of nitrogens with zero attached hydrogens (tertiary/aromatic N) is 2. The molecule has 5 nitrogen and oxygen atoms in total. The van der Waals surface area contributed by atoms with E-state index in [1.807, 2.05) is 36.4 Å². The SMILES string of the molecule is CC1C(N)=C(C2=N[C@H](c3ccccc3)CO2)C(C)C1C1=N[C@H](c2ccccc2)CO1. The summed E-state index contributed by atoms with van der Waals surface area (Å²) < 4.78 is 12.1. The Labute approximate surface area is 177 Å². The molecule has 0 amide bonds. The number of nitrogens with two attached hydrogens (primary N) is 1. The van der Waals surface area contributed by atoms with Gasteiger partial charge in [-0.05, 0) is 11.1 Å². The Morgan fingerprint density at radius 3 is 1.97 bits per heavy atom. The van der Waals surface area contributed by atoms with Gasteiger partial charge in [-0.2, -0.15) is 0 Å². The third-order valence-corrected chi connectivity index (χ3v) is 6.54. The standard InChI is InChI=1S/C25H27N3O2/c1-15-21(24-27-19(13-29-24)17-9-5-3-6-10-17)16(2)23(26)22(15)25-28-20(14-30-25)18-11-7-4-8-12-18/h3-12,15-16,19-21H,13-14,26H2,1-2H3/t15?,16?,19-,20-,21?/m0/s1. The molecule has 0 bridgehead atoms. The molecule has 5 atom stereocenters. The Kier molecular flexibility index (Phi) is 4.81. The highest BCUT2D eigenvalue weighted by Gasteiger charge is 2.45. The highest BCUT2D eigenvalue weighted by molar-refractivity contribution is 5.98. The number of allylic oxidation sites excluding steroid dienone is 1. The van der Waals surface area contributed by atoms with Crippen molar-refractivity contribution in [1.29, 1.82) is 0 Å². The molecular formula is C25H27N3O2. The minimum absolute atomic E-state index is 0.0191. The van der Waals surface area contributed by atoms with E-state index in [4.69, 9.17) is 25.2 Å². The molecule has 0 spiro atoms. The Balaban J connectivity index is 1.39. The molecule has 30 heavy (non-hydrogen) atoms. The number of rotatable bonds is 4. The van der Waals surface area contributed by atoms with Crippen LogP contribution in [0, 0.1) is 17.8 Å². The van der Waals surface area contributed by atoms with Gasteiger partial charge in [0.25, 0.3) is 0 Å². The second-order valence-corrected chi connectivity index (χ2v) is 8.35. The second-order valence-electron chi connectivity index (χ2n) is 8.35. The lowest BCUT2D eigenvalue weighted by molar-refractivity contribution is 0.277. The molecule has 0 radical (unpaired) electrons. The molecule has 0 saturated carbocycles. The quantitative estimate of drug-likeness (QED) is 0.823. The van der Waals surface area contributed by atoms with Crippen molar-refractivity contribution >= 4 is 11.8 Å². The number of hydrogen-bond donors (Lipinski definition) is 1. The van der Waals surface area contributed by atoms with Gasteiger partial charge >= 0.3 is 0 Å². The average molecular weight is 402 g/mol. The van der Waals surface area contributed by atoms with Crippen LogP contribution in [-0.2, 0) is 9.47 Å². The van der Waals surface area contributed by atoms with Gasteiger partial charge in [-0.25, -0.2) is 9.98 Å². The first kappa shape index (κ1) is 18.9. The molecule has 0 fully saturated rings. The van der Waals surface area contributed by atoms with Gasteiger partial charge in [0, 0.05) is 29.0 Å². The molecule has 2 aromatic carbocycles. The summed E-state index contributed by atoms with van der Waals surface area (Å²) in [4.78, 5) is 9.81. The van der Waals surface area contributed by atoms with Crippen molar-refractivity contribution in [3.05, 3.63) is 83.1 Å². The summed E-state index contributed by atoms with van der Waals surface area (Å²) >= 11 is 0. The molecule has 2 aliphatic heterocycles. The summed E-state index contributed by atoms with van der Waals surface area (Å²) in [5, 5.41) is 0. The molecular weight excluding hydrogens is 374 g/mol. The highest BCUT2D eigenvalue weighted by atomic mass is 16.5. The van der Waals surface area contributed by atoms with Crippen LogP contribution < -0.4 is 5.73 Å². The maximum absolute atomic E-state index is 6.59. The summed E-state index contributed by atoms with van der Waals surface area (Å²) in [6.45, 7) is 5.46. The zero-order valence-corrected chi connectivity index (χ0v) is 17.4. The molecule has 2 N–H and O–H groups in total. The normalized spacial score (nSPS) is 30.7. The molecule has 0 saturated heterocycles. The predicted molar refractivity (Wildman–Crippen MR) is 118 cm³/mol. The van der Waals surface area contributed by atoms with Crippen molar-refractivity contribution in [2.45, 2.75) is 25.9 Å². The van der Waals surface area contributed by atoms with Gasteiger partial charge in [0.1, 0.15) is 25.3 Å². The highest BCUT2D eigenvalue weighted by Crippen LogP contribution is 2.44. The lowest BCUT2D eigenvalue weighted by Crippen LogP contribution is -2.26. The van der Waals surface area contributed by atoms with E-state index in [0.717, 1.165) is 22.7 Å². The molecule has 154 valence electrons. The minimum atomic E-state index is 0.0191. The fraction of sp³-hybridized carbons (Fsp3) is 0.360. The van der Waals surface area contributed by atoms with Crippen molar-refractivity contribution in [3.63, 3.8) is 0 Å². The van der Waals surface area contributed by atoms with Gasteiger partial charge in [0.15, 0.2) is 5.90 Å². The summed E-state index contributed by atoms with van der Waals surface area (Å²) in [7, 11) is 0. The van der Waals surface area contributed by atoms with Crippen LogP contribution in [0.15, 0.2) is 81.9 Å². The summed E-state index contributed by atoms with van der Waals surface area (Å²) in [5.41, 5.74) is 10.8. The molecule has 1 aliphatic carbocycles. The summed E-state index contributed by atoms with van der Waals surface area (Å²) in [5.74, 6) is 1.86.